The Hall–Kier alpha value is -3.01. The molecule has 2 aromatic carbocycles. The molecule has 2 heterocycles. The van der Waals surface area contributed by atoms with E-state index in [1.54, 1.807) is 6.26 Å². The Balaban J connectivity index is 1.71. The summed E-state index contributed by atoms with van der Waals surface area (Å²) in [4.78, 5) is 4.78. The average molecular weight is 317 g/mol. The largest absolute Gasteiger partial charge is 0.467 e. The molecule has 1 N–H and O–H groups in total. The fraction of sp³-hybridized carbons (Fsp3) is 0.150. The van der Waals surface area contributed by atoms with E-state index in [2.05, 4.69) is 59.3 Å². The number of nitrogens with zero attached hydrogens (tertiary/aromatic N) is 2. The second kappa shape index (κ2) is 6.24. The van der Waals surface area contributed by atoms with E-state index >= 15 is 0 Å². The Kier molecular flexibility index (Phi) is 3.79. The third kappa shape index (κ3) is 2.91. The zero-order chi connectivity index (χ0) is 16.4. The van der Waals surface area contributed by atoms with Gasteiger partial charge in [-0.1, -0.05) is 36.4 Å². The summed E-state index contributed by atoms with van der Waals surface area (Å²) in [6.45, 7) is 3.48. The molecular formula is C20H19N3O. The summed E-state index contributed by atoms with van der Waals surface area (Å²) >= 11 is 0. The molecule has 0 bridgehead atoms. The zero-order valence-electron chi connectivity index (χ0n) is 13.6. The molecule has 0 radical (unpaired) electrons. The number of furan rings is 1. The zero-order valence-corrected chi connectivity index (χ0v) is 13.6. The lowest BCUT2D eigenvalue weighted by atomic mass is 10.2. The third-order valence-corrected chi connectivity index (χ3v) is 4.09. The van der Waals surface area contributed by atoms with Gasteiger partial charge in [-0.2, -0.15) is 0 Å². The molecule has 0 saturated carbocycles. The maximum Gasteiger partial charge on any atom is 0.204 e. The van der Waals surface area contributed by atoms with Gasteiger partial charge in [0.25, 0.3) is 0 Å². The molecule has 120 valence electrons. The summed E-state index contributed by atoms with van der Waals surface area (Å²) in [5.74, 6) is 1.75. The number of rotatable bonds is 5. The van der Waals surface area contributed by atoms with Crippen molar-refractivity contribution in [3.8, 4) is 0 Å². The fourth-order valence-corrected chi connectivity index (χ4v) is 2.88. The number of aryl methyl sites for hydroxylation is 1. The molecule has 4 aromatic rings. The predicted molar refractivity (Wildman–Crippen MR) is 96.0 cm³/mol. The van der Waals surface area contributed by atoms with Crippen LogP contribution in [0.5, 0.6) is 0 Å². The van der Waals surface area contributed by atoms with Crippen molar-refractivity contribution in [2.75, 3.05) is 5.32 Å². The predicted octanol–water partition coefficient (Wildman–Crippen LogP) is 4.60. The second-order valence-electron chi connectivity index (χ2n) is 5.93. The molecular weight excluding hydrogens is 298 g/mol. The second-order valence-corrected chi connectivity index (χ2v) is 5.93. The van der Waals surface area contributed by atoms with E-state index in [4.69, 9.17) is 9.40 Å². The van der Waals surface area contributed by atoms with E-state index in [1.807, 2.05) is 18.2 Å². The van der Waals surface area contributed by atoms with Crippen molar-refractivity contribution in [1.29, 1.82) is 0 Å². The highest BCUT2D eigenvalue weighted by atomic mass is 16.3. The Bertz CT molecular complexity index is 940. The topological polar surface area (TPSA) is 43.0 Å². The summed E-state index contributed by atoms with van der Waals surface area (Å²) in [5.41, 5.74) is 4.60. The van der Waals surface area contributed by atoms with E-state index < -0.39 is 0 Å². The van der Waals surface area contributed by atoms with Crippen LogP contribution in [-0.2, 0) is 13.1 Å². The highest BCUT2D eigenvalue weighted by Gasteiger charge is 2.11. The van der Waals surface area contributed by atoms with Crippen LogP contribution in [0, 0.1) is 6.92 Å². The van der Waals surface area contributed by atoms with Gasteiger partial charge in [0.05, 0.1) is 30.4 Å². The first-order valence-corrected chi connectivity index (χ1v) is 8.07. The first-order valence-electron chi connectivity index (χ1n) is 8.07. The van der Waals surface area contributed by atoms with Crippen LogP contribution in [0.2, 0.25) is 0 Å². The van der Waals surface area contributed by atoms with Crippen LogP contribution in [-0.4, -0.2) is 9.55 Å². The maximum atomic E-state index is 5.41. The molecule has 0 saturated heterocycles. The molecule has 0 aliphatic rings. The van der Waals surface area contributed by atoms with Crippen molar-refractivity contribution in [3.05, 3.63) is 83.8 Å². The Morgan fingerprint density at radius 3 is 2.71 bits per heavy atom. The molecule has 2 aromatic heterocycles. The molecule has 4 nitrogen and oxygen atoms in total. The molecule has 0 amide bonds. The van der Waals surface area contributed by atoms with Crippen molar-refractivity contribution < 1.29 is 4.42 Å². The minimum absolute atomic E-state index is 0.615. The van der Waals surface area contributed by atoms with Gasteiger partial charge in [0, 0.05) is 0 Å². The Morgan fingerprint density at radius 2 is 1.92 bits per heavy atom. The summed E-state index contributed by atoms with van der Waals surface area (Å²) in [7, 11) is 0. The van der Waals surface area contributed by atoms with Crippen LogP contribution < -0.4 is 5.32 Å². The Labute approximate surface area is 140 Å². The van der Waals surface area contributed by atoms with Crippen LogP contribution in [0.4, 0.5) is 5.95 Å². The SMILES string of the molecule is Cc1ccc2c(c1)nc(NCc1ccco1)n2Cc1ccccc1. The first-order chi connectivity index (χ1) is 11.8. The highest BCUT2D eigenvalue weighted by molar-refractivity contribution is 5.79. The van der Waals surface area contributed by atoms with Crippen LogP contribution in [0.3, 0.4) is 0 Å². The lowest BCUT2D eigenvalue weighted by Crippen LogP contribution is -2.08. The lowest BCUT2D eigenvalue weighted by molar-refractivity contribution is 0.517. The van der Waals surface area contributed by atoms with E-state index in [0.717, 1.165) is 29.3 Å². The molecule has 0 aliphatic carbocycles. The molecule has 0 spiro atoms. The standard InChI is InChI=1S/C20H19N3O/c1-15-9-10-19-18(12-15)22-20(21-13-17-8-5-11-24-17)23(19)14-16-6-3-2-4-7-16/h2-12H,13-14H2,1H3,(H,21,22). The smallest absolute Gasteiger partial charge is 0.204 e. The van der Waals surface area contributed by atoms with Crippen LogP contribution >= 0.6 is 0 Å². The highest BCUT2D eigenvalue weighted by Crippen LogP contribution is 2.23. The van der Waals surface area contributed by atoms with Gasteiger partial charge >= 0.3 is 0 Å². The fourth-order valence-electron chi connectivity index (χ4n) is 2.88. The molecule has 0 fully saturated rings. The minimum atomic E-state index is 0.615. The van der Waals surface area contributed by atoms with Crippen LogP contribution in [0.1, 0.15) is 16.9 Å². The number of imidazole rings is 1. The summed E-state index contributed by atoms with van der Waals surface area (Å²) in [6.07, 6.45) is 1.69. The first kappa shape index (κ1) is 14.6. The molecule has 4 rings (SSSR count). The van der Waals surface area contributed by atoms with E-state index in [1.165, 1.54) is 11.1 Å². The average Bonchev–Trinajstić information content (AvgIpc) is 3.22. The van der Waals surface area contributed by atoms with Crippen molar-refractivity contribution in [1.82, 2.24) is 9.55 Å². The van der Waals surface area contributed by atoms with Gasteiger partial charge in [-0.25, -0.2) is 4.98 Å². The molecule has 0 aliphatic heterocycles. The van der Waals surface area contributed by atoms with E-state index in [0.29, 0.717) is 6.54 Å². The van der Waals surface area contributed by atoms with Gasteiger partial charge in [0.15, 0.2) is 0 Å². The minimum Gasteiger partial charge on any atom is -0.467 e. The summed E-state index contributed by atoms with van der Waals surface area (Å²) in [6, 6.07) is 20.7. The monoisotopic (exact) mass is 317 g/mol. The number of hydrogen-bond donors (Lipinski definition) is 1. The van der Waals surface area contributed by atoms with Crippen molar-refractivity contribution >= 4 is 17.0 Å². The van der Waals surface area contributed by atoms with Crippen molar-refractivity contribution in [2.24, 2.45) is 0 Å². The van der Waals surface area contributed by atoms with Gasteiger partial charge in [-0.05, 0) is 42.3 Å². The van der Waals surface area contributed by atoms with Gasteiger partial charge in [-0.15, -0.1) is 0 Å². The molecule has 0 atom stereocenters. The van der Waals surface area contributed by atoms with Crippen LogP contribution in [0.25, 0.3) is 11.0 Å². The number of hydrogen-bond acceptors (Lipinski definition) is 3. The summed E-state index contributed by atoms with van der Waals surface area (Å²) in [5, 5.41) is 3.40. The number of nitrogens with one attached hydrogen (secondary N) is 1. The van der Waals surface area contributed by atoms with Gasteiger partial charge in [0.1, 0.15) is 5.76 Å². The normalized spacial score (nSPS) is 11.0. The van der Waals surface area contributed by atoms with Gasteiger partial charge in [0.2, 0.25) is 5.95 Å². The number of anilines is 1. The maximum absolute atomic E-state index is 5.41. The third-order valence-electron chi connectivity index (χ3n) is 4.09. The number of fused-ring (bicyclic) bond motifs is 1. The van der Waals surface area contributed by atoms with Crippen molar-refractivity contribution in [2.45, 2.75) is 20.0 Å². The van der Waals surface area contributed by atoms with Crippen molar-refractivity contribution in [3.63, 3.8) is 0 Å². The molecule has 0 unspecified atom stereocenters. The van der Waals surface area contributed by atoms with E-state index in [-0.39, 0.29) is 0 Å². The lowest BCUT2D eigenvalue weighted by Gasteiger charge is -2.10. The summed E-state index contributed by atoms with van der Waals surface area (Å²) < 4.78 is 7.62. The van der Waals surface area contributed by atoms with Gasteiger partial charge < -0.3 is 14.3 Å². The molecule has 24 heavy (non-hydrogen) atoms. The van der Waals surface area contributed by atoms with Crippen LogP contribution in [0.15, 0.2) is 71.3 Å². The Morgan fingerprint density at radius 1 is 1.04 bits per heavy atom. The quantitative estimate of drug-likeness (QED) is 0.585. The van der Waals surface area contributed by atoms with Gasteiger partial charge in [-0.3, -0.25) is 0 Å². The number of aromatic nitrogens is 2. The number of benzene rings is 2. The molecule has 4 heteroatoms. The van der Waals surface area contributed by atoms with E-state index in [9.17, 15) is 0 Å².